The van der Waals surface area contributed by atoms with E-state index in [1.54, 1.807) is 12.1 Å². The van der Waals surface area contributed by atoms with E-state index < -0.39 is 48.4 Å². The number of allylic oxidation sites excluding steroid dienone is 2. The largest absolute Gasteiger partial charge is 0.508 e. The van der Waals surface area contributed by atoms with E-state index in [4.69, 9.17) is 0 Å². The fourth-order valence-electron chi connectivity index (χ4n) is 5.89. The normalized spacial score (nSPS) is 22.4. The van der Waals surface area contributed by atoms with Gasteiger partial charge in [0.05, 0.1) is 31.7 Å². The lowest BCUT2D eigenvalue weighted by molar-refractivity contribution is -0.137. The van der Waals surface area contributed by atoms with E-state index in [1.807, 2.05) is 62.4 Å². The van der Waals surface area contributed by atoms with Crippen LogP contribution in [0.3, 0.4) is 0 Å². The molecule has 1 aliphatic heterocycles. The number of carbonyl (C=O) groups is 3. The van der Waals surface area contributed by atoms with Crippen LogP contribution in [0.5, 0.6) is 5.75 Å². The zero-order chi connectivity index (χ0) is 28.3. The van der Waals surface area contributed by atoms with Crippen molar-refractivity contribution >= 4 is 29.6 Å². The molecule has 1 fully saturated rings. The minimum Gasteiger partial charge on any atom is -0.508 e. The van der Waals surface area contributed by atoms with Gasteiger partial charge in [-0.05, 0) is 59.6 Å². The second kappa shape index (κ2) is 12.0. The number of imide groups is 3. The van der Waals surface area contributed by atoms with Crippen LogP contribution in [0.15, 0.2) is 65.7 Å². The molecule has 0 spiro atoms. The van der Waals surface area contributed by atoms with Gasteiger partial charge in [-0.2, -0.15) is 4.90 Å². The Morgan fingerprint density at radius 1 is 1.08 bits per heavy atom. The van der Waals surface area contributed by atoms with Crippen molar-refractivity contribution in [1.29, 1.82) is 0 Å². The van der Waals surface area contributed by atoms with Crippen LogP contribution in [0.25, 0.3) is 11.6 Å². The molecule has 2 aromatic carbocycles. The van der Waals surface area contributed by atoms with Gasteiger partial charge in [0.15, 0.2) is 0 Å². The van der Waals surface area contributed by atoms with E-state index in [2.05, 4.69) is 4.74 Å². The van der Waals surface area contributed by atoms with E-state index in [0.717, 1.165) is 29.4 Å². The Labute approximate surface area is 228 Å². The number of fused-ring (bicyclic) bond motifs is 1. The molecule has 1 heterocycles. The molecule has 8 heteroatoms. The first kappa shape index (κ1) is 28.3. The average molecular weight is 534 g/mol. The summed E-state index contributed by atoms with van der Waals surface area (Å²) >= 11 is 0. The van der Waals surface area contributed by atoms with Crippen LogP contribution in [-0.4, -0.2) is 57.9 Å². The summed E-state index contributed by atoms with van der Waals surface area (Å²) in [6.07, 6.45) is 1.05. The predicted molar refractivity (Wildman–Crippen MR) is 146 cm³/mol. The predicted octanol–water partition coefficient (Wildman–Crippen LogP) is 4.41. The Bertz CT molecular complexity index is 1280. The number of methoxy groups -OCH3 is 1. The highest BCUT2D eigenvalue weighted by atomic mass is 16.5. The molecule has 0 aromatic heterocycles. The second-order valence-corrected chi connectivity index (χ2v) is 10.4. The van der Waals surface area contributed by atoms with Crippen LogP contribution in [0.4, 0.5) is 4.79 Å². The molecule has 2 aromatic rings. The van der Waals surface area contributed by atoms with Crippen molar-refractivity contribution in [2.75, 3.05) is 13.7 Å². The highest BCUT2D eigenvalue weighted by molar-refractivity contribution is 6.16. The maximum atomic E-state index is 13.2. The Hall–Kier alpha value is -3.75. The number of benzene rings is 2. The van der Waals surface area contributed by atoms with Crippen molar-refractivity contribution in [3.8, 4) is 5.75 Å². The number of aromatic hydroxyl groups is 1. The lowest BCUT2D eigenvalue weighted by Crippen LogP contribution is -2.40. The van der Waals surface area contributed by atoms with E-state index in [1.165, 1.54) is 0 Å². The third-order valence-electron chi connectivity index (χ3n) is 7.80. The van der Waals surface area contributed by atoms with Gasteiger partial charge in [0.2, 0.25) is 11.8 Å². The number of hydrogen-bond acceptors (Lipinski definition) is 7. The van der Waals surface area contributed by atoms with Gasteiger partial charge in [-0.3, -0.25) is 9.59 Å². The Balaban J connectivity index is 1.65. The molecule has 3 amide bonds. The molecule has 4 atom stereocenters. The van der Waals surface area contributed by atoms with Crippen LogP contribution in [0.1, 0.15) is 44.2 Å². The molecule has 3 N–H and O–H groups in total. The smallest absolute Gasteiger partial charge is 0.423 e. The molecule has 0 radical (unpaired) electrons. The van der Waals surface area contributed by atoms with Gasteiger partial charge >= 0.3 is 6.09 Å². The molecule has 206 valence electrons. The van der Waals surface area contributed by atoms with E-state index in [-0.39, 0.29) is 18.1 Å². The zero-order valence-electron chi connectivity index (χ0n) is 22.4. The maximum Gasteiger partial charge on any atom is 0.423 e. The summed E-state index contributed by atoms with van der Waals surface area (Å²) in [4.78, 5) is 39.0. The number of nitrogens with zero attached hydrogens (tertiary/aromatic N) is 1. The van der Waals surface area contributed by atoms with Crippen LogP contribution >= 0.6 is 0 Å². The van der Waals surface area contributed by atoms with Crippen LogP contribution in [-0.2, 0) is 14.3 Å². The monoisotopic (exact) mass is 533 g/mol. The highest BCUT2D eigenvalue weighted by Gasteiger charge is 2.57. The summed E-state index contributed by atoms with van der Waals surface area (Å²) in [5.41, 5.74) is 4.28. The van der Waals surface area contributed by atoms with Gasteiger partial charge in [-0.1, -0.05) is 68.0 Å². The number of rotatable bonds is 8. The molecule has 0 bridgehead atoms. The van der Waals surface area contributed by atoms with E-state index >= 15 is 0 Å². The minimum absolute atomic E-state index is 0.0409. The van der Waals surface area contributed by atoms with Gasteiger partial charge in [0.1, 0.15) is 5.75 Å². The molecule has 1 aliphatic carbocycles. The molecule has 8 nitrogen and oxygen atoms in total. The van der Waals surface area contributed by atoms with Crippen molar-refractivity contribution < 1.29 is 34.4 Å². The van der Waals surface area contributed by atoms with Gasteiger partial charge in [0.25, 0.3) is 0 Å². The molecule has 2 aliphatic rings. The number of ether oxygens (including phenoxy) is 1. The first-order valence-corrected chi connectivity index (χ1v) is 13.2. The fraction of sp³-hybridized carbons (Fsp3) is 0.387. The third-order valence-corrected chi connectivity index (χ3v) is 7.80. The number of phenolic OH excluding ortho intramolecular Hbond substituents is 1. The second-order valence-electron chi connectivity index (χ2n) is 10.4. The summed E-state index contributed by atoms with van der Waals surface area (Å²) in [5.74, 6) is -3.69. The van der Waals surface area contributed by atoms with E-state index in [9.17, 15) is 29.7 Å². The molecule has 4 rings (SSSR count). The summed E-state index contributed by atoms with van der Waals surface area (Å²) < 4.78 is 4.66. The molecule has 0 unspecified atom stereocenters. The fourth-order valence-corrected chi connectivity index (χ4v) is 5.89. The number of phenols is 1. The van der Waals surface area contributed by atoms with Crippen molar-refractivity contribution in [2.45, 2.75) is 39.2 Å². The number of likely N-dealkylation sites (tertiary alicyclic amines) is 1. The summed E-state index contributed by atoms with van der Waals surface area (Å²) in [7, 11) is 1.11. The van der Waals surface area contributed by atoms with Crippen molar-refractivity contribution in [2.24, 2.45) is 23.7 Å². The molecular weight excluding hydrogens is 498 g/mol. The molecule has 39 heavy (non-hydrogen) atoms. The maximum absolute atomic E-state index is 13.2. The number of aliphatic hydroxyl groups excluding tert-OH is 2. The Kier molecular flexibility index (Phi) is 8.67. The molecule has 0 saturated carbocycles. The van der Waals surface area contributed by atoms with Crippen LogP contribution in [0, 0.1) is 23.7 Å². The molecule has 1 saturated heterocycles. The van der Waals surface area contributed by atoms with Crippen LogP contribution < -0.4 is 0 Å². The zero-order valence-corrected chi connectivity index (χ0v) is 22.4. The number of hydrogen-bond donors (Lipinski definition) is 3. The number of aliphatic hydroxyl groups is 2. The van der Waals surface area contributed by atoms with Gasteiger partial charge in [-0.15, -0.1) is 0 Å². The van der Waals surface area contributed by atoms with Crippen molar-refractivity contribution in [3.63, 3.8) is 0 Å². The van der Waals surface area contributed by atoms with E-state index in [0.29, 0.717) is 23.3 Å². The first-order valence-electron chi connectivity index (χ1n) is 13.2. The van der Waals surface area contributed by atoms with Gasteiger partial charge < -0.3 is 20.1 Å². The van der Waals surface area contributed by atoms with Crippen molar-refractivity contribution in [3.05, 3.63) is 76.9 Å². The Morgan fingerprint density at radius 3 is 2.33 bits per heavy atom. The summed E-state index contributed by atoms with van der Waals surface area (Å²) in [6.45, 7) is 3.47. The highest BCUT2D eigenvalue weighted by Crippen LogP contribution is 2.48. The Morgan fingerprint density at radius 2 is 1.74 bits per heavy atom. The lowest BCUT2D eigenvalue weighted by Gasteiger charge is -2.38. The number of amides is 3. The SMILES string of the molecule is COC(=O)N1C(=O)[C@@H]2[C@@H](CC(C(C)C)=C([C@H](O)CC/C(=C/c3ccc(O)cc3)c3ccccc3)[C@@H]2CO)C1=O. The number of carbonyl (C=O) groups excluding carboxylic acids is 3. The van der Waals surface area contributed by atoms with Gasteiger partial charge in [-0.25, -0.2) is 4.79 Å². The van der Waals surface area contributed by atoms with Gasteiger partial charge in [0, 0.05) is 5.92 Å². The molecular formula is C31H35NO7. The van der Waals surface area contributed by atoms with Crippen LogP contribution in [0.2, 0.25) is 0 Å². The lowest BCUT2D eigenvalue weighted by atomic mass is 9.66. The quantitative estimate of drug-likeness (QED) is 0.261. The average Bonchev–Trinajstić information content (AvgIpc) is 3.19. The summed E-state index contributed by atoms with van der Waals surface area (Å²) in [6, 6.07) is 16.6. The topological polar surface area (TPSA) is 124 Å². The first-order chi connectivity index (χ1) is 18.7. The third kappa shape index (κ3) is 5.67. The summed E-state index contributed by atoms with van der Waals surface area (Å²) in [5, 5.41) is 31.6. The standard InChI is InChI=1S/C31H35NO7/c1-18(2)23-16-24-28(30(37)32(29(24)36)31(38)39-3)25(17-33)27(23)26(35)14-11-21(20-7-5-4-6-8-20)15-19-9-12-22(34)13-10-19/h4-10,12-13,15,18,24-26,28,33-35H,11,14,16-17H2,1-3H3/b21-15-/t24-,25+,26-,28-/m1/s1. The minimum atomic E-state index is -1.03. The van der Waals surface area contributed by atoms with Crippen molar-refractivity contribution in [1.82, 2.24) is 4.90 Å².